The predicted molar refractivity (Wildman–Crippen MR) is 75.5 cm³/mol. The first-order chi connectivity index (χ1) is 9.24. The van der Waals surface area contributed by atoms with Crippen molar-refractivity contribution in [3.8, 4) is 11.5 Å². The summed E-state index contributed by atoms with van der Waals surface area (Å²) in [5, 5.41) is 10.7. The van der Waals surface area contributed by atoms with Crippen LogP contribution in [0.1, 0.15) is 6.42 Å². The molecular formula is C13H15N3O2S. The fourth-order valence-corrected chi connectivity index (χ4v) is 3.39. The number of hydrogen-bond donors (Lipinski definition) is 1. The van der Waals surface area contributed by atoms with E-state index in [4.69, 9.17) is 15.2 Å². The van der Waals surface area contributed by atoms with Gasteiger partial charge < -0.3 is 9.47 Å². The topological polar surface area (TPSA) is 69.2 Å². The van der Waals surface area contributed by atoms with Crippen molar-refractivity contribution in [1.82, 2.24) is 0 Å². The van der Waals surface area contributed by atoms with Gasteiger partial charge >= 0.3 is 0 Å². The van der Waals surface area contributed by atoms with Crippen molar-refractivity contribution in [2.75, 3.05) is 14.2 Å². The van der Waals surface area contributed by atoms with E-state index in [9.17, 15) is 0 Å². The van der Waals surface area contributed by atoms with E-state index in [-0.39, 0.29) is 10.7 Å². The van der Waals surface area contributed by atoms with Crippen LogP contribution in [-0.2, 0) is 0 Å². The maximum Gasteiger partial charge on any atom is 0.168 e. The third-order valence-corrected chi connectivity index (χ3v) is 4.40. The lowest BCUT2D eigenvalue weighted by Gasteiger charge is -2.24. The van der Waals surface area contributed by atoms with Gasteiger partial charge in [0, 0.05) is 10.4 Å². The number of methoxy groups -OCH3 is 2. The normalized spacial score (nSPS) is 24.3. The van der Waals surface area contributed by atoms with Crippen molar-refractivity contribution in [2.45, 2.75) is 17.2 Å². The Morgan fingerprint density at radius 3 is 2.89 bits per heavy atom. The quantitative estimate of drug-likeness (QED) is 0.868. The molecule has 0 saturated heterocycles. The first-order valence-electron chi connectivity index (χ1n) is 6.02. The van der Waals surface area contributed by atoms with Gasteiger partial charge in [0.25, 0.3) is 0 Å². The second-order valence-electron chi connectivity index (χ2n) is 4.32. The lowest BCUT2D eigenvalue weighted by atomic mass is 10.0. The van der Waals surface area contributed by atoms with Gasteiger partial charge in [0.15, 0.2) is 17.0 Å². The molecule has 1 aromatic rings. The zero-order chi connectivity index (χ0) is 13.4. The largest absolute Gasteiger partial charge is 0.493 e. The Balaban J connectivity index is 2.29. The van der Waals surface area contributed by atoms with Gasteiger partial charge in [-0.3, -0.25) is 5.73 Å². The van der Waals surface area contributed by atoms with Crippen molar-refractivity contribution < 1.29 is 9.47 Å². The van der Waals surface area contributed by atoms with E-state index in [2.05, 4.69) is 16.3 Å². The smallest absolute Gasteiger partial charge is 0.168 e. The van der Waals surface area contributed by atoms with Crippen molar-refractivity contribution in [1.29, 1.82) is 0 Å². The van der Waals surface area contributed by atoms with E-state index in [1.54, 1.807) is 26.0 Å². The Bertz CT molecular complexity index is 657. The monoisotopic (exact) mass is 277 g/mol. The predicted octanol–water partition coefficient (Wildman–Crippen LogP) is 0.806. The van der Waals surface area contributed by atoms with Crippen LogP contribution in [0.4, 0.5) is 0 Å². The number of thioether (sulfide) groups is 1. The summed E-state index contributed by atoms with van der Waals surface area (Å²) in [7, 11) is 3.29. The number of rotatable bonds is 2. The Morgan fingerprint density at radius 2 is 2.16 bits per heavy atom. The molecule has 1 aromatic carbocycles. The summed E-state index contributed by atoms with van der Waals surface area (Å²) >= 11 is 1.63. The highest BCUT2D eigenvalue weighted by molar-refractivity contribution is 8.00. The van der Waals surface area contributed by atoms with Gasteiger partial charge in [-0.15, -0.1) is 11.8 Å². The average molecular weight is 277 g/mol. The number of hydrogen-bond acceptors (Lipinski definition) is 6. The number of nitrogens with two attached hydrogens (primary N) is 1. The molecule has 2 unspecified atom stereocenters. The van der Waals surface area contributed by atoms with Crippen LogP contribution in [0.5, 0.6) is 11.5 Å². The Kier molecular flexibility index (Phi) is 3.20. The zero-order valence-corrected chi connectivity index (χ0v) is 11.6. The second kappa shape index (κ2) is 4.86. The molecule has 0 radical (unpaired) electrons. The Hall–Kier alpha value is -1.53. The maximum absolute atomic E-state index is 5.79. The minimum absolute atomic E-state index is 0.260. The second-order valence-corrected chi connectivity index (χ2v) is 5.64. The highest BCUT2D eigenvalue weighted by Crippen LogP contribution is 2.33. The first-order valence-corrected chi connectivity index (χ1v) is 6.96. The molecule has 2 N–H and O–H groups in total. The molecule has 100 valence electrons. The SMILES string of the molecule is COc1ccc2c(c1OC)=CCC1SC(N)N=NC=21. The molecular weight excluding hydrogens is 262 g/mol. The molecule has 1 heterocycles. The van der Waals surface area contributed by atoms with Crippen molar-refractivity contribution in [3.05, 3.63) is 22.6 Å². The summed E-state index contributed by atoms with van der Waals surface area (Å²) in [6.45, 7) is 0. The fourth-order valence-electron chi connectivity index (χ4n) is 2.44. The molecule has 0 saturated carbocycles. The summed E-state index contributed by atoms with van der Waals surface area (Å²) in [5.41, 5.74) is 6.51. The van der Waals surface area contributed by atoms with Gasteiger partial charge in [-0.2, -0.15) is 10.2 Å². The van der Waals surface area contributed by atoms with Crippen LogP contribution in [0, 0.1) is 0 Å². The third-order valence-electron chi connectivity index (χ3n) is 3.28. The number of azo groups is 1. The van der Waals surface area contributed by atoms with Crippen LogP contribution in [0.25, 0.3) is 11.8 Å². The summed E-state index contributed by atoms with van der Waals surface area (Å²) in [6.07, 6.45) is 3.04. The summed E-state index contributed by atoms with van der Waals surface area (Å²) in [4.78, 5) is 0. The number of ether oxygens (including phenoxy) is 2. The number of benzene rings is 1. The lowest BCUT2D eigenvalue weighted by molar-refractivity contribution is 0.352. The van der Waals surface area contributed by atoms with Crippen LogP contribution >= 0.6 is 11.8 Å². The van der Waals surface area contributed by atoms with E-state index in [0.29, 0.717) is 0 Å². The number of fused-ring (bicyclic) bond motifs is 2. The summed E-state index contributed by atoms with van der Waals surface area (Å²) in [6, 6.07) is 3.90. The summed E-state index contributed by atoms with van der Waals surface area (Å²) in [5.74, 6) is 1.48. The highest BCUT2D eigenvalue weighted by Gasteiger charge is 2.26. The van der Waals surface area contributed by atoms with Crippen LogP contribution in [0.3, 0.4) is 0 Å². The standard InChI is InChI=1S/C13H15N3O2S/c1-17-9-5-3-7-8(12(9)18-2)4-6-10-11(7)15-16-13(14)19-10/h3-5,10,13H,6,14H2,1-2H3. The van der Waals surface area contributed by atoms with Gasteiger partial charge in [0.1, 0.15) is 0 Å². The molecule has 3 rings (SSSR count). The van der Waals surface area contributed by atoms with E-state index in [1.165, 1.54) is 0 Å². The lowest BCUT2D eigenvalue weighted by Crippen LogP contribution is -2.37. The van der Waals surface area contributed by atoms with Crippen molar-refractivity contribution in [3.63, 3.8) is 0 Å². The molecule has 0 aromatic heterocycles. The maximum atomic E-state index is 5.79. The molecule has 1 aliphatic heterocycles. The van der Waals surface area contributed by atoms with Crippen molar-refractivity contribution >= 4 is 23.5 Å². The molecule has 0 spiro atoms. The average Bonchev–Trinajstić information content (AvgIpc) is 2.45. The van der Waals surface area contributed by atoms with Crippen LogP contribution in [-0.4, -0.2) is 25.0 Å². The van der Waals surface area contributed by atoms with E-state index < -0.39 is 0 Å². The molecule has 1 aliphatic carbocycles. The molecule has 19 heavy (non-hydrogen) atoms. The van der Waals surface area contributed by atoms with E-state index in [1.807, 2.05) is 12.1 Å². The third kappa shape index (κ3) is 2.01. The van der Waals surface area contributed by atoms with Crippen LogP contribution in [0.15, 0.2) is 22.4 Å². The molecule has 0 amide bonds. The van der Waals surface area contributed by atoms with E-state index in [0.717, 1.165) is 34.1 Å². The molecule has 6 heteroatoms. The molecule has 2 aliphatic rings. The van der Waals surface area contributed by atoms with Gasteiger partial charge in [0.05, 0.1) is 25.2 Å². The highest BCUT2D eigenvalue weighted by atomic mass is 32.2. The number of nitrogens with zero attached hydrogens (tertiary/aromatic N) is 2. The zero-order valence-electron chi connectivity index (χ0n) is 10.8. The Labute approximate surface area is 115 Å². The molecule has 0 fully saturated rings. The van der Waals surface area contributed by atoms with Gasteiger partial charge in [-0.05, 0) is 18.6 Å². The first kappa shape index (κ1) is 12.5. The Morgan fingerprint density at radius 1 is 1.32 bits per heavy atom. The van der Waals surface area contributed by atoms with Crippen molar-refractivity contribution in [2.24, 2.45) is 16.0 Å². The van der Waals surface area contributed by atoms with Gasteiger partial charge in [-0.25, -0.2) is 0 Å². The fraction of sp³-hybridized carbons (Fsp3) is 0.385. The minimum atomic E-state index is -0.260. The molecule has 2 atom stereocenters. The van der Waals surface area contributed by atoms with Crippen LogP contribution in [0.2, 0.25) is 0 Å². The summed E-state index contributed by atoms with van der Waals surface area (Å²) < 4.78 is 10.8. The van der Waals surface area contributed by atoms with Gasteiger partial charge in [-0.1, -0.05) is 6.08 Å². The van der Waals surface area contributed by atoms with E-state index >= 15 is 0 Å². The van der Waals surface area contributed by atoms with Gasteiger partial charge in [0.2, 0.25) is 0 Å². The molecule has 0 bridgehead atoms. The van der Waals surface area contributed by atoms with Crippen LogP contribution < -0.4 is 25.6 Å². The molecule has 5 nitrogen and oxygen atoms in total. The minimum Gasteiger partial charge on any atom is -0.493 e.